The fourth-order valence-corrected chi connectivity index (χ4v) is 3.61. The van der Waals surface area contributed by atoms with Gasteiger partial charge in [0.05, 0.1) is 12.0 Å². The molecule has 0 saturated carbocycles. The third-order valence-corrected chi connectivity index (χ3v) is 5.73. The van der Waals surface area contributed by atoms with Crippen LogP contribution in [0.15, 0.2) is 18.2 Å². The summed E-state index contributed by atoms with van der Waals surface area (Å²) in [4.78, 5) is 22.0. The smallest absolute Gasteiger partial charge is 0.341 e. The molecule has 4 unspecified atom stereocenters. The molecule has 0 amide bonds. The molecule has 1 aromatic rings. The zero-order valence-electron chi connectivity index (χ0n) is 19.6. The number of carboxylic acid groups (broad SMARTS) is 2. The molecule has 7 nitrogen and oxygen atoms in total. The second-order valence-corrected chi connectivity index (χ2v) is 9.91. The van der Waals surface area contributed by atoms with Crippen molar-refractivity contribution in [2.24, 2.45) is 23.5 Å². The first-order valence-electron chi connectivity index (χ1n) is 10.9. The molecule has 31 heavy (non-hydrogen) atoms. The van der Waals surface area contributed by atoms with Crippen molar-refractivity contribution in [3.8, 4) is 5.75 Å². The zero-order chi connectivity index (χ0) is 23.9. The maximum Gasteiger partial charge on any atom is 0.341 e. The van der Waals surface area contributed by atoms with Gasteiger partial charge in [-0.3, -0.25) is 4.79 Å². The fraction of sp³-hybridized carbons (Fsp3) is 0.667. The molecular weight excluding hydrogens is 398 g/mol. The summed E-state index contributed by atoms with van der Waals surface area (Å²) in [7, 11) is 0. The molecule has 0 radical (unpaired) electrons. The van der Waals surface area contributed by atoms with Crippen molar-refractivity contribution in [3.63, 3.8) is 0 Å². The second kappa shape index (κ2) is 11.5. The van der Waals surface area contributed by atoms with Crippen molar-refractivity contribution in [2.45, 2.75) is 78.4 Å². The summed E-state index contributed by atoms with van der Waals surface area (Å²) >= 11 is 0. The maximum atomic E-state index is 11.1. The van der Waals surface area contributed by atoms with Gasteiger partial charge in [-0.2, -0.15) is 0 Å². The normalized spacial score (nSPS) is 15.9. The number of benzene rings is 1. The van der Waals surface area contributed by atoms with Crippen LogP contribution < -0.4 is 10.5 Å². The molecule has 1 aromatic carbocycles. The van der Waals surface area contributed by atoms with Gasteiger partial charge in [-0.15, -0.1) is 0 Å². The highest BCUT2D eigenvalue weighted by molar-refractivity contribution is 5.69. The van der Waals surface area contributed by atoms with E-state index in [9.17, 15) is 14.7 Å². The summed E-state index contributed by atoms with van der Waals surface area (Å²) in [6.45, 7) is 11.5. The van der Waals surface area contributed by atoms with E-state index in [1.165, 1.54) is 0 Å². The average molecular weight is 438 g/mol. The van der Waals surface area contributed by atoms with Crippen LogP contribution in [0.5, 0.6) is 5.75 Å². The standard InChI is InChI=1S/C24H39NO6/c1-14(2)17(12-19(25)20(26)9-15(3)23(29)30)10-16-7-8-18(24(4,5)6)21(11-16)31-13-22(27)28/h7-8,11,14-15,17,19-20,26H,9-10,12-13,25H2,1-6H3,(H,27,28)(H,29,30). The van der Waals surface area contributed by atoms with E-state index in [2.05, 4.69) is 13.8 Å². The minimum atomic E-state index is -1.03. The number of aliphatic hydroxyl groups is 1. The largest absolute Gasteiger partial charge is 0.482 e. The molecule has 7 heteroatoms. The van der Waals surface area contributed by atoms with Gasteiger partial charge >= 0.3 is 11.9 Å². The number of hydrogen-bond donors (Lipinski definition) is 4. The van der Waals surface area contributed by atoms with E-state index in [0.717, 1.165) is 11.1 Å². The highest BCUT2D eigenvalue weighted by Gasteiger charge is 2.26. The van der Waals surface area contributed by atoms with Crippen LogP contribution in [0.3, 0.4) is 0 Å². The van der Waals surface area contributed by atoms with Gasteiger partial charge in [0.15, 0.2) is 6.61 Å². The van der Waals surface area contributed by atoms with Crippen LogP contribution in [-0.2, 0) is 21.4 Å². The number of carboxylic acids is 2. The summed E-state index contributed by atoms with van der Waals surface area (Å²) in [5, 5.41) is 28.4. The van der Waals surface area contributed by atoms with Crippen molar-refractivity contribution >= 4 is 11.9 Å². The monoisotopic (exact) mass is 437 g/mol. The fourth-order valence-electron chi connectivity index (χ4n) is 3.61. The molecule has 1 rings (SSSR count). The molecule has 0 heterocycles. The summed E-state index contributed by atoms with van der Waals surface area (Å²) in [6.07, 6.45) is 0.484. The van der Waals surface area contributed by atoms with Crippen molar-refractivity contribution in [1.29, 1.82) is 0 Å². The van der Waals surface area contributed by atoms with Crippen LogP contribution in [0.2, 0.25) is 0 Å². The Morgan fingerprint density at radius 2 is 1.71 bits per heavy atom. The molecule has 0 fully saturated rings. The summed E-state index contributed by atoms with van der Waals surface area (Å²) < 4.78 is 5.57. The lowest BCUT2D eigenvalue weighted by Gasteiger charge is -2.28. The number of hydrogen-bond acceptors (Lipinski definition) is 5. The lowest BCUT2D eigenvalue weighted by Crippen LogP contribution is -2.39. The van der Waals surface area contributed by atoms with Crippen LogP contribution in [0.1, 0.15) is 65.5 Å². The Kier molecular flexibility index (Phi) is 9.97. The number of nitrogens with two attached hydrogens (primary N) is 1. The molecule has 0 saturated heterocycles. The van der Waals surface area contributed by atoms with Crippen LogP contribution >= 0.6 is 0 Å². The van der Waals surface area contributed by atoms with Gasteiger partial charge in [0.25, 0.3) is 0 Å². The predicted octanol–water partition coefficient (Wildman–Crippen LogP) is 3.45. The van der Waals surface area contributed by atoms with E-state index in [1.54, 1.807) is 6.92 Å². The van der Waals surface area contributed by atoms with Crippen LogP contribution in [0, 0.1) is 17.8 Å². The highest BCUT2D eigenvalue weighted by Crippen LogP contribution is 2.34. The molecule has 4 atom stereocenters. The van der Waals surface area contributed by atoms with Gasteiger partial charge in [-0.05, 0) is 53.7 Å². The van der Waals surface area contributed by atoms with Crippen molar-refractivity contribution in [3.05, 3.63) is 29.3 Å². The van der Waals surface area contributed by atoms with E-state index < -0.39 is 36.6 Å². The van der Waals surface area contributed by atoms with E-state index in [1.807, 2.05) is 39.0 Å². The minimum Gasteiger partial charge on any atom is -0.482 e. The van der Waals surface area contributed by atoms with Crippen LogP contribution in [0.25, 0.3) is 0 Å². The number of ether oxygens (including phenoxy) is 1. The first kappa shape index (κ1) is 26.9. The quantitative estimate of drug-likeness (QED) is 0.394. The topological polar surface area (TPSA) is 130 Å². The van der Waals surface area contributed by atoms with E-state index in [4.69, 9.17) is 20.7 Å². The second-order valence-electron chi connectivity index (χ2n) is 9.91. The Balaban J connectivity index is 3.00. The number of aliphatic hydroxyl groups excluding tert-OH is 1. The molecule has 0 aliphatic heterocycles. The van der Waals surface area contributed by atoms with Gasteiger partial charge < -0.3 is 25.8 Å². The van der Waals surface area contributed by atoms with Gasteiger partial charge in [-0.1, -0.05) is 53.7 Å². The van der Waals surface area contributed by atoms with Crippen molar-refractivity contribution in [2.75, 3.05) is 6.61 Å². The number of carbonyl (C=O) groups is 2. The molecule has 176 valence electrons. The first-order chi connectivity index (χ1) is 14.2. The third kappa shape index (κ3) is 8.87. The molecule has 0 bridgehead atoms. The van der Waals surface area contributed by atoms with E-state index in [0.29, 0.717) is 24.5 Å². The van der Waals surface area contributed by atoms with Gasteiger partial charge in [-0.25, -0.2) is 4.79 Å². The van der Waals surface area contributed by atoms with Crippen LogP contribution in [0.4, 0.5) is 0 Å². The summed E-state index contributed by atoms with van der Waals surface area (Å²) in [5.74, 6) is -1.61. The molecule has 0 aromatic heterocycles. The maximum absolute atomic E-state index is 11.1. The average Bonchev–Trinajstić information content (AvgIpc) is 2.64. The Bertz CT molecular complexity index is 740. The summed E-state index contributed by atoms with van der Waals surface area (Å²) in [6, 6.07) is 5.38. The number of aliphatic carboxylic acids is 2. The Morgan fingerprint density at radius 1 is 1.10 bits per heavy atom. The minimum absolute atomic E-state index is 0.120. The van der Waals surface area contributed by atoms with E-state index in [-0.39, 0.29) is 17.8 Å². The molecule has 0 spiro atoms. The first-order valence-corrected chi connectivity index (χ1v) is 10.9. The lowest BCUT2D eigenvalue weighted by molar-refractivity contribution is -0.142. The molecule has 0 aliphatic rings. The van der Waals surface area contributed by atoms with Crippen molar-refractivity contribution < 1.29 is 29.6 Å². The van der Waals surface area contributed by atoms with Crippen molar-refractivity contribution in [1.82, 2.24) is 0 Å². The predicted molar refractivity (Wildman–Crippen MR) is 120 cm³/mol. The zero-order valence-corrected chi connectivity index (χ0v) is 19.6. The van der Waals surface area contributed by atoms with Gasteiger partial charge in [0, 0.05) is 6.04 Å². The number of rotatable bonds is 12. The third-order valence-electron chi connectivity index (χ3n) is 5.73. The molecule has 5 N–H and O–H groups in total. The summed E-state index contributed by atoms with van der Waals surface area (Å²) in [5.41, 5.74) is 7.97. The SMILES string of the molecule is CC(CC(O)C(N)CC(Cc1ccc(C(C)(C)C)c(OCC(=O)O)c1)C(C)C)C(=O)O. The van der Waals surface area contributed by atoms with E-state index >= 15 is 0 Å². The Labute approximate surface area is 185 Å². The highest BCUT2D eigenvalue weighted by atomic mass is 16.5. The Morgan fingerprint density at radius 3 is 2.19 bits per heavy atom. The molecule has 0 aliphatic carbocycles. The Hall–Kier alpha value is -2.12. The lowest BCUT2D eigenvalue weighted by atomic mass is 9.81. The molecular formula is C24H39NO6. The van der Waals surface area contributed by atoms with Crippen LogP contribution in [-0.4, -0.2) is 46.0 Å². The van der Waals surface area contributed by atoms with Gasteiger partial charge in [0.1, 0.15) is 5.75 Å². The van der Waals surface area contributed by atoms with Gasteiger partial charge in [0.2, 0.25) is 0 Å².